The van der Waals surface area contributed by atoms with Crippen LogP contribution in [0, 0.1) is 0 Å². The van der Waals surface area contributed by atoms with Crippen LogP contribution in [0.5, 0.6) is 0 Å². The molecule has 1 aromatic carbocycles. The van der Waals surface area contributed by atoms with E-state index in [4.69, 9.17) is 15.6 Å². The minimum Gasteiger partial charge on any atom is -0.475 e. The van der Waals surface area contributed by atoms with Gasteiger partial charge in [0.05, 0.1) is 10.2 Å². The van der Waals surface area contributed by atoms with E-state index in [9.17, 15) is 13.2 Å². The van der Waals surface area contributed by atoms with Crippen LogP contribution in [0.15, 0.2) is 22.7 Å². The Labute approximate surface area is 175 Å². The van der Waals surface area contributed by atoms with E-state index in [0.29, 0.717) is 12.0 Å². The zero-order valence-corrected chi connectivity index (χ0v) is 17.5. The summed E-state index contributed by atoms with van der Waals surface area (Å²) in [5.41, 5.74) is 6.93. The van der Waals surface area contributed by atoms with E-state index in [2.05, 4.69) is 48.2 Å². The van der Waals surface area contributed by atoms with Crippen LogP contribution in [0.25, 0.3) is 20.3 Å². The first kappa shape index (κ1) is 21.5. The second-order valence-electron chi connectivity index (χ2n) is 6.35. The highest BCUT2D eigenvalue weighted by Crippen LogP contribution is 2.39. The second-order valence-corrected chi connectivity index (χ2v) is 8.32. The first-order chi connectivity index (χ1) is 13.6. The number of nitrogen functional groups attached to an aromatic ring is 1. The van der Waals surface area contributed by atoms with E-state index < -0.39 is 12.1 Å². The summed E-state index contributed by atoms with van der Waals surface area (Å²) in [7, 11) is 2.01. The van der Waals surface area contributed by atoms with E-state index in [0.717, 1.165) is 45.4 Å². The molecule has 1 aliphatic rings. The summed E-state index contributed by atoms with van der Waals surface area (Å²) in [5, 5.41) is 11.6. The number of thiophene rings is 1. The fraction of sp³-hybridized carbons (Fsp3) is 0.353. The van der Waals surface area contributed by atoms with E-state index >= 15 is 0 Å². The van der Waals surface area contributed by atoms with Gasteiger partial charge in [0.25, 0.3) is 0 Å². The number of nitrogens with two attached hydrogens (primary N) is 1. The van der Waals surface area contributed by atoms with E-state index in [1.807, 2.05) is 13.1 Å². The van der Waals surface area contributed by atoms with Crippen molar-refractivity contribution in [2.45, 2.75) is 18.6 Å². The average Bonchev–Trinajstić information content (AvgIpc) is 3.25. The van der Waals surface area contributed by atoms with Crippen LogP contribution in [-0.4, -0.2) is 53.4 Å². The SMILES string of the molecule is CN[C@@H]1CCN(c2nc(N)nc3c2sc2cc(Br)ccc23)C1.O=C(O)C(F)(F)F. The van der Waals surface area contributed by atoms with Gasteiger partial charge in [-0.3, -0.25) is 0 Å². The number of benzene rings is 1. The van der Waals surface area contributed by atoms with Crippen LogP contribution in [-0.2, 0) is 4.79 Å². The molecule has 29 heavy (non-hydrogen) atoms. The number of likely N-dealkylation sites (N-methyl/N-ethyl adjacent to an activating group) is 1. The number of rotatable bonds is 2. The maximum absolute atomic E-state index is 10.6. The molecule has 4 N–H and O–H groups in total. The van der Waals surface area contributed by atoms with Crippen molar-refractivity contribution in [1.29, 1.82) is 0 Å². The molecule has 0 aliphatic carbocycles. The average molecular weight is 492 g/mol. The summed E-state index contributed by atoms with van der Waals surface area (Å²) in [6.07, 6.45) is -3.96. The summed E-state index contributed by atoms with van der Waals surface area (Å²) >= 11 is 5.27. The molecule has 7 nitrogen and oxygen atoms in total. The minimum absolute atomic E-state index is 0.345. The number of nitrogens with zero attached hydrogens (tertiary/aromatic N) is 3. The Morgan fingerprint density at radius 1 is 1.41 bits per heavy atom. The van der Waals surface area contributed by atoms with Gasteiger partial charge >= 0.3 is 12.1 Å². The maximum Gasteiger partial charge on any atom is 0.490 e. The fourth-order valence-electron chi connectivity index (χ4n) is 3.02. The predicted molar refractivity (Wildman–Crippen MR) is 110 cm³/mol. The summed E-state index contributed by atoms with van der Waals surface area (Å²) in [4.78, 5) is 20.2. The van der Waals surface area contributed by atoms with E-state index in [1.54, 1.807) is 11.3 Å². The number of fused-ring (bicyclic) bond motifs is 3. The molecule has 3 aromatic rings. The molecule has 3 heterocycles. The smallest absolute Gasteiger partial charge is 0.475 e. The van der Waals surface area contributed by atoms with Gasteiger partial charge in [-0.15, -0.1) is 11.3 Å². The number of alkyl halides is 3. The van der Waals surface area contributed by atoms with Crippen LogP contribution >= 0.6 is 27.3 Å². The molecule has 1 atom stereocenters. The van der Waals surface area contributed by atoms with Gasteiger partial charge in [-0.25, -0.2) is 9.78 Å². The number of carbonyl (C=O) groups is 1. The van der Waals surface area contributed by atoms with Gasteiger partial charge in [-0.05, 0) is 25.6 Å². The number of carboxylic acids is 1. The Balaban J connectivity index is 0.000000298. The summed E-state index contributed by atoms with van der Waals surface area (Å²) in [6, 6.07) is 6.77. The van der Waals surface area contributed by atoms with Gasteiger partial charge in [0.1, 0.15) is 0 Å². The van der Waals surface area contributed by atoms with Gasteiger partial charge in [-0.2, -0.15) is 18.2 Å². The van der Waals surface area contributed by atoms with Crippen molar-refractivity contribution in [3.05, 3.63) is 22.7 Å². The Kier molecular flexibility index (Phi) is 6.15. The van der Waals surface area contributed by atoms with Gasteiger partial charge in [0.2, 0.25) is 5.95 Å². The summed E-state index contributed by atoms with van der Waals surface area (Å²) in [5.74, 6) is -1.44. The first-order valence-electron chi connectivity index (χ1n) is 8.47. The first-order valence-corrected chi connectivity index (χ1v) is 10.1. The highest BCUT2D eigenvalue weighted by atomic mass is 79.9. The largest absolute Gasteiger partial charge is 0.490 e. The standard InChI is InChI=1S/C15H16BrN5S.C2HF3O2/c1-18-9-4-5-21(7-9)14-13-12(19-15(17)20-14)10-3-2-8(16)6-11(10)22-13;3-2(4,5)1(6)7/h2-3,6,9,18H,4-5,7H2,1H3,(H2,17,19,20);(H,6,7)/t9-;/m1./s1. The van der Waals surface area contributed by atoms with Gasteiger partial charge in [-0.1, -0.05) is 22.0 Å². The number of halogens is 4. The number of nitrogens with one attached hydrogen (secondary N) is 1. The van der Waals surface area contributed by atoms with Crippen LogP contribution in [0.3, 0.4) is 0 Å². The molecule has 0 saturated carbocycles. The molecule has 156 valence electrons. The molecule has 12 heteroatoms. The third-order valence-corrected chi connectivity index (χ3v) is 6.05. The highest BCUT2D eigenvalue weighted by molar-refractivity contribution is 9.10. The Bertz CT molecular complexity index is 1060. The molecule has 1 fully saturated rings. The Hall–Kier alpha value is -2.18. The zero-order valence-electron chi connectivity index (χ0n) is 15.1. The zero-order chi connectivity index (χ0) is 21.3. The van der Waals surface area contributed by atoms with E-state index in [1.165, 1.54) is 4.70 Å². The summed E-state index contributed by atoms with van der Waals surface area (Å²) in [6.45, 7) is 1.95. The maximum atomic E-state index is 10.6. The Morgan fingerprint density at radius 3 is 2.69 bits per heavy atom. The molecule has 0 spiro atoms. The van der Waals surface area contributed by atoms with E-state index in [-0.39, 0.29) is 0 Å². The molecule has 1 aliphatic heterocycles. The Morgan fingerprint density at radius 2 is 2.10 bits per heavy atom. The van der Waals surface area contributed by atoms with Gasteiger partial charge in [0.15, 0.2) is 5.82 Å². The molecular formula is C17H17BrF3N5O2S. The van der Waals surface area contributed by atoms with Crippen molar-refractivity contribution in [2.24, 2.45) is 0 Å². The fourth-order valence-corrected chi connectivity index (χ4v) is 4.73. The highest BCUT2D eigenvalue weighted by Gasteiger charge is 2.38. The van der Waals surface area contributed by atoms with Crippen molar-refractivity contribution in [3.8, 4) is 0 Å². The summed E-state index contributed by atoms with van der Waals surface area (Å²) < 4.78 is 35.1. The van der Waals surface area contributed by atoms with Crippen molar-refractivity contribution in [1.82, 2.24) is 15.3 Å². The molecule has 0 bridgehead atoms. The quantitative estimate of drug-likeness (QED) is 0.502. The predicted octanol–water partition coefficient (Wildman–Crippen LogP) is 3.62. The molecular weight excluding hydrogens is 475 g/mol. The molecule has 0 radical (unpaired) electrons. The molecule has 1 saturated heterocycles. The van der Waals surface area contributed by atoms with Crippen LogP contribution in [0.2, 0.25) is 0 Å². The molecule has 4 rings (SSSR count). The monoisotopic (exact) mass is 491 g/mol. The van der Waals surface area contributed by atoms with Gasteiger partial charge in [0, 0.05) is 33.7 Å². The lowest BCUT2D eigenvalue weighted by Crippen LogP contribution is -2.30. The lowest BCUT2D eigenvalue weighted by atomic mass is 10.2. The van der Waals surface area contributed by atoms with Crippen molar-refractivity contribution in [2.75, 3.05) is 30.8 Å². The third kappa shape index (κ3) is 4.70. The lowest BCUT2D eigenvalue weighted by Gasteiger charge is -2.18. The topological polar surface area (TPSA) is 104 Å². The van der Waals surface area contributed by atoms with Crippen molar-refractivity contribution in [3.63, 3.8) is 0 Å². The van der Waals surface area contributed by atoms with Crippen LogP contribution < -0.4 is 16.0 Å². The number of hydrogen-bond acceptors (Lipinski definition) is 7. The number of carboxylic acid groups (broad SMARTS) is 1. The molecule has 2 aromatic heterocycles. The number of hydrogen-bond donors (Lipinski definition) is 3. The molecule has 0 amide bonds. The number of aromatic nitrogens is 2. The third-order valence-electron chi connectivity index (χ3n) is 4.41. The number of anilines is 2. The van der Waals surface area contributed by atoms with Gasteiger partial charge < -0.3 is 21.1 Å². The molecule has 0 unspecified atom stereocenters. The normalized spacial score (nSPS) is 16.9. The van der Waals surface area contributed by atoms with Crippen LogP contribution in [0.1, 0.15) is 6.42 Å². The second kappa shape index (κ2) is 8.28. The van der Waals surface area contributed by atoms with Crippen molar-refractivity contribution >= 4 is 65.3 Å². The minimum atomic E-state index is -5.08. The van der Waals surface area contributed by atoms with Crippen LogP contribution in [0.4, 0.5) is 24.9 Å². The van der Waals surface area contributed by atoms with Crippen molar-refractivity contribution < 1.29 is 23.1 Å². The lowest BCUT2D eigenvalue weighted by molar-refractivity contribution is -0.192. The number of aliphatic carboxylic acids is 1.